The Bertz CT molecular complexity index is 349. The zero-order valence-electron chi connectivity index (χ0n) is 8.26. The molecule has 0 aliphatic heterocycles. The van der Waals surface area contributed by atoms with E-state index in [1.54, 1.807) is 18.1 Å². The number of nitrogens with zero attached hydrogens (tertiary/aromatic N) is 1. The van der Waals surface area contributed by atoms with Gasteiger partial charge in [-0.25, -0.2) is 0 Å². The van der Waals surface area contributed by atoms with Crippen molar-refractivity contribution < 1.29 is 0 Å². The average molecular weight is 216 g/mol. The Balaban J connectivity index is 1.81. The molecule has 0 bridgehead atoms. The van der Waals surface area contributed by atoms with E-state index in [1.807, 2.05) is 30.5 Å². The Morgan fingerprint density at radius 1 is 1.07 bits per heavy atom. The molecule has 0 radical (unpaired) electrons. The second-order valence-electron chi connectivity index (χ2n) is 3.10. The van der Waals surface area contributed by atoms with Crippen molar-refractivity contribution in [1.82, 2.24) is 9.71 Å². The number of aromatic nitrogens is 1. The molecule has 0 saturated carbocycles. The molecule has 2 rings (SSSR count). The highest BCUT2D eigenvalue weighted by molar-refractivity contribution is 7.97. The van der Waals surface area contributed by atoms with Gasteiger partial charge in [0.05, 0.1) is 0 Å². The van der Waals surface area contributed by atoms with Crippen molar-refractivity contribution in [2.45, 2.75) is 11.4 Å². The van der Waals surface area contributed by atoms with Crippen molar-refractivity contribution in [3.8, 4) is 0 Å². The van der Waals surface area contributed by atoms with Gasteiger partial charge in [-0.15, -0.1) is 0 Å². The molecule has 0 fully saturated rings. The summed E-state index contributed by atoms with van der Waals surface area (Å²) in [6, 6.07) is 14.3. The summed E-state index contributed by atoms with van der Waals surface area (Å²) in [7, 11) is 0. The second kappa shape index (κ2) is 5.53. The molecule has 15 heavy (non-hydrogen) atoms. The first kappa shape index (κ1) is 10.2. The van der Waals surface area contributed by atoms with Gasteiger partial charge in [0, 0.05) is 23.8 Å². The predicted octanol–water partition coefficient (Wildman–Crippen LogP) is 2.88. The summed E-state index contributed by atoms with van der Waals surface area (Å²) >= 11 is 1.64. The maximum atomic E-state index is 4.06. The number of pyridine rings is 1. The number of nitrogens with one attached hydrogen (secondary N) is 1. The zero-order valence-corrected chi connectivity index (χ0v) is 9.08. The molecule has 0 aliphatic rings. The van der Waals surface area contributed by atoms with Crippen molar-refractivity contribution in [2.24, 2.45) is 0 Å². The van der Waals surface area contributed by atoms with E-state index in [9.17, 15) is 0 Å². The van der Waals surface area contributed by atoms with Gasteiger partial charge in [0.15, 0.2) is 0 Å². The maximum absolute atomic E-state index is 4.06. The second-order valence-corrected chi connectivity index (χ2v) is 4.06. The molecule has 76 valence electrons. The average Bonchev–Trinajstić information content (AvgIpc) is 2.32. The van der Waals surface area contributed by atoms with E-state index in [1.165, 1.54) is 10.5 Å². The fraction of sp³-hybridized carbons (Fsp3) is 0.0833. The lowest BCUT2D eigenvalue weighted by atomic mass is 10.3. The molecule has 2 aromatic rings. The standard InChI is InChI=1S/C12H12N2S/c1-2-6-12(7-3-1)15-14-10-11-5-4-8-13-9-11/h1-9,14H,10H2. The fourth-order valence-electron chi connectivity index (χ4n) is 1.19. The molecule has 0 amide bonds. The molecule has 3 heteroatoms. The summed E-state index contributed by atoms with van der Waals surface area (Å²) < 4.78 is 3.29. The molecular formula is C12H12N2S. The SMILES string of the molecule is c1ccc(SNCc2cccnc2)cc1. The minimum atomic E-state index is 0.827. The van der Waals surface area contributed by atoms with Crippen LogP contribution in [0.15, 0.2) is 59.8 Å². The third kappa shape index (κ3) is 3.38. The van der Waals surface area contributed by atoms with E-state index in [0.29, 0.717) is 0 Å². The molecule has 0 unspecified atom stereocenters. The molecule has 0 atom stereocenters. The largest absolute Gasteiger partial charge is 0.264 e. The van der Waals surface area contributed by atoms with E-state index in [-0.39, 0.29) is 0 Å². The van der Waals surface area contributed by atoms with Gasteiger partial charge in [0.2, 0.25) is 0 Å². The third-order valence-corrected chi connectivity index (χ3v) is 2.73. The minimum absolute atomic E-state index is 0.827. The minimum Gasteiger partial charge on any atom is -0.264 e. The third-order valence-electron chi connectivity index (χ3n) is 1.93. The topological polar surface area (TPSA) is 24.9 Å². The number of benzene rings is 1. The number of hydrogen-bond donors (Lipinski definition) is 1. The molecule has 1 aromatic heterocycles. The zero-order chi connectivity index (χ0) is 10.3. The van der Waals surface area contributed by atoms with Crippen molar-refractivity contribution >= 4 is 11.9 Å². The van der Waals surface area contributed by atoms with Gasteiger partial charge in [-0.05, 0) is 35.7 Å². The number of hydrogen-bond acceptors (Lipinski definition) is 3. The lowest BCUT2D eigenvalue weighted by Crippen LogP contribution is -2.02. The highest BCUT2D eigenvalue weighted by atomic mass is 32.2. The van der Waals surface area contributed by atoms with Gasteiger partial charge in [0.1, 0.15) is 0 Å². The first-order chi connectivity index (χ1) is 7.45. The van der Waals surface area contributed by atoms with E-state index >= 15 is 0 Å². The van der Waals surface area contributed by atoms with Crippen LogP contribution in [0.4, 0.5) is 0 Å². The molecule has 1 N–H and O–H groups in total. The van der Waals surface area contributed by atoms with Gasteiger partial charge in [0.25, 0.3) is 0 Å². The molecule has 0 saturated heterocycles. The van der Waals surface area contributed by atoms with Crippen LogP contribution < -0.4 is 4.72 Å². The van der Waals surface area contributed by atoms with Crippen molar-refractivity contribution in [3.05, 3.63) is 60.4 Å². The predicted molar refractivity (Wildman–Crippen MR) is 63.4 cm³/mol. The van der Waals surface area contributed by atoms with Crippen LogP contribution in [0.5, 0.6) is 0 Å². The summed E-state index contributed by atoms with van der Waals surface area (Å²) in [5.74, 6) is 0. The molecular weight excluding hydrogens is 204 g/mol. The van der Waals surface area contributed by atoms with Gasteiger partial charge in [-0.1, -0.05) is 24.3 Å². The van der Waals surface area contributed by atoms with Crippen LogP contribution in [-0.4, -0.2) is 4.98 Å². The van der Waals surface area contributed by atoms with E-state index in [2.05, 4.69) is 27.9 Å². The Morgan fingerprint density at radius 2 is 1.93 bits per heavy atom. The van der Waals surface area contributed by atoms with Crippen LogP contribution >= 0.6 is 11.9 Å². The van der Waals surface area contributed by atoms with Crippen LogP contribution in [0.25, 0.3) is 0 Å². The molecule has 0 aliphatic carbocycles. The maximum Gasteiger partial charge on any atom is 0.0328 e. The van der Waals surface area contributed by atoms with E-state index in [4.69, 9.17) is 0 Å². The smallest absolute Gasteiger partial charge is 0.0328 e. The monoisotopic (exact) mass is 216 g/mol. The van der Waals surface area contributed by atoms with Crippen LogP contribution in [0.2, 0.25) is 0 Å². The lowest BCUT2D eigenvalue weighted by Gasteiger charge is -2.03. The first-order valence-electron chi connectivity index (χ1n) is 4.79. The fourth-order valence-corrected chi connectivity index (χ4v) is 1.89. The molecule has 0 spiro atoms. The van der Waals surface area contributed by atoms with Crippen molar-refractivity contribution in [2.75, 3.05) is 0 Å². The summed E-state index contributed by atoms with van der Waals surface area (Å²) in [5, 5.41) is 0. The highest BCUT2D eigenvalue weighted by Crippen LogP contribution is 2.13. The van der Waals surface area contributed by atoms with E-state index < -0.39 is 0 Å². The molecule has 1 heterocycles. The van der Waals surface area contributed by atoms with Gasteiger partial charge in [-0.3, -0.25) is 9.71 Å². The van der Waals surface area contributed by atoms with Gasteiger partial charge < -0.3 is 0 Å². The summed E-state index contributed by atoms with van der Waals surface area (Å²) in [6.07, 6.45) is 3.66. The van der Waals surface area contributed by atoms with Gasteiger partial charge >= 0.3 is 0 Å². The van der Waals surface area contributed by atoms with Crippen LogP contribution in [0.1, 0.15) is 5.56 Å². The highest BCUT2D eigenvalue weighted by Gasteiger charge is 1.93. The van der Waals surface area contributed by atoms with Crippen LogP contribution in [-0.2, 0) is 6.54 Å². The first-order valence-corrected chi connectivity index (χ1v) is 5.60. The lowest BCUT2D eigenvalue weighted by molar-refractivity contribution is 0.962. The van der Waals surface area contributed by atoms with Crippen molar-refractivity contribution in [3.63, 3.8) is 0 Å². The van der Waals surface area contributed by atoms with Crippen molar-refractivity contribution in [1.29, 1.82) is 0 Å². The Kier molecular flexibility index (Phi) is 3.77. The van der Waals surface area contributed by atoms with Crippen LogP contribution in [0.3, 0.4) is 0 Å². The summed E-state index contributed by atoms with van der Waals surface area (Å²) in [4.78, 5) is 5.28. The quantitative estimate of drug-likeness (QED) is 0.795. The van der Waals surface area contributed by atoms with E-state index in [0.717, 1.165) is 6.54 Å². The molecule has 1 aromatic carbocycles. The number of rotatable bonds is 4. The van der Waals surface area contributed by atoms with Crippen LogP contribution in [0, 0.1) is 0 Å². The Hall–Kier alpha value is -1.32. The Labute approximate surface area is 93.9 Å². The summed E-state index contributed by atoms with van der Waals surface area (Å²) in [6.45, 7) is 0.827. The molecule has 2 nitrogen and oxygen atoms in total. The normalized spacial score (nSPS) is 10.1. The Morgan fingerprint density at radius 3 is 2.67 bits per heavy atom. The summed E-state index contributed by atoms with van der Waals surface area (Å²) in [5.41, 5.74) is 1.20. The van der Waals surface area contributed by atoms with Gasteiger partial charge in [-0.2, -0.15) is 0 Å².